The van der Waals surface area contributed by atoms with Gasteiger partial charge in [0, 0.05) is 13.1 Å². The van der Waals surface area contributed by atoms with E-state index in [1.807, 2.05) is 37.4 Å². The lowest BCUT2D eigenvalue weighted by Crippen LogP contribution is -2.40. The molecule has 1 aromatic heterocycles. The minimum atomic E-state index is -0.985. The van der Waals surface area contributed by atoms with Crippen molar-refractivity contribution in [2.45, 2.75) is 13.3 Å². The van der Waals surface area contributed by atoms with Gasteiger partial charge in [0.05, 0.1) is 4.88 Å². The number of carbonyl (C=O) groups excluding carboxylic acids is 1. The van der Waals surface area contributed by atoms with Crippen molar-refractivity contribution >= 4 is 23.2 Å². The Morgan fingerprint density at radius 2 is 2.00 bits per heavy atom. The molecule has 0 bridgehead atoms. The van der Waals surface area contributed by atoms with Crippen molar-refractivity contribution in [3.05, 3.63) is 21.9 Å². The fraction of sp³-hybridized carbons (Fsp3) is 0.538. The Hall–Kier alpha value is -1.40. The van der Waals surface area contributed by atoms with Crippen LogP contribution in [0, 0.1) is 0 Å². The highest BCUT2D eigenvalue weighted by Gasteiger charge is 2.21. The highest BCUT2D eigenvalue weighted by molar-refractivity contribution is 7.12. The Bertz CT molecular complexity index is 443. The maximum Gasteiger partial charge on any atom is 0.323 e. The van der Waals surface area contributed by atoms with Gasteiger partial charge in [-0.25, -0.2) is 0 Å². The fourth-order valence-electron chi connectivity index (χ4n) is 1.68. The monoisotopic (exact) mass is 284 g/mol. The molecule has 0 radical (unpaired) electrons. The molecule has 1 heterocycles. The molecule has 1 amide bonds. The van der Waals surface area contributed by atoms with Gasteiger partial charge in [-0.15, -0.1) is 11.3 Å². The number of hydrogen-bond donors (Lipinski definition) is 1. The van der Waals surface area contributed by atoms with Crippen molar-refractivity contribution in [1.82, 2.24) is 9.80 Å². The second-order valence-corrected chi connectivity index (χ2v) is 5.47. The summed E-state index contributed by atoms with van der Waals surface area (Å²) in [5, 5.41) is 10.8. The smallest absolute Gasteiger partial charge is 0.323 e. The number of amides is 1. The van der Waals surface area contributed by atoms with E-state index in [0.29, 0.717) is 18.0 Å². The lowest BCUT2D eigenvalue weighted by molar-refractivity contribution is -0.137. The molecule has 0 saturated carbocycles. The number of thiophene rings is 1. The molecule has 0 fully saturated rings. The average molecular weight is 284 g/mol. The molecular weight excluding hydrogens is 264 g/mol. The van der Waals surface area contributed by atoms with Gasteiger partial charge in [-0.1, -0.05) is 6.92 Å². The molecule has 19 heavy (non-hydrogen) atoms. The zero-order chi connectivity index (χ0) is 14.4. The molecule has 0 spiro atoms. The van der Waals surface area contributed by atoms with Crippen molar-refractivity contribution in [2.75, 3.05) is 33.7 Å². The highest BCUT2D eigenvalue weighted by atomic mass is 32.1. The quantitative estimate of drug-likeness (QED) is 0.822. The van der Waals surface area contributed by atoms with Gasteiger partial charge in [0.25, 0.3) is 5.91 Å². The average Bonchev–Trinajstić information content (AvgIpc) is 2.81. The molecule has 0 aliphatic heterocycles. The minimum absolute atomic E-state index is 0.184. The van der Waals surface area contributed by atoms with E-state index in [9.17, 15) is 9.59 Å². The summed E-state index contributed by atoms with van der Waals surface area (Å²) in [4.78, 5) is 27.2. The normalized spacial score (nSPS) is 10.7. The minimum Gasteiger partial charge on any atom is -0.480 e. The number of hydrogen-bond acceptors (Lipinski definition) is 4. The molecule has 6 heteroatoms. The Labute approximate surface area is 117 Å². The third kappa shape index (κ3) is 4.65. The number of aliphatic carboxylic acids is 1. The van der Waals surface area contributed by atoms with E-state index in [1.165, 1.54) is 16.2 Å². The largest absolute Gasteiger partial charge is 0.480 e. The summed E-state index contributed by atoms with van der Waals surface area (Å²) in [5.74, 6) is -1.17. The predicted octanol–water partition coefficient (Wildman–Crippen LogP) is 1.40. The van der Waals surface area contributed by atoms with Gasteiger partial charge in [0.1, 0.15) is 6.54 Å². The van der Waals surface area contributed by atoms with E-state index in [0.717, 1.165) is 12.0 Å². The van der Waals surface area contributed by atoms with Crippen molar-refractivity contribution in [3.63, 3.8) is 0 Å². The summed E-state index contributed by atoms with van der Waals surface area (Å²) in [6, 6.07) is 1.92. The predicted molar refractivity (Wildman–Crippen MR) is 75.8 cm³/mol. The van der Waals surface area contributed by atoms with Crippen LogP contribution < -0.4 is 0 Å². The van der Waals surface area contributed by atoms with E-state index >= 15 is 0 Å². The first-order valence-corrected chi connectivity index (χ1v) is 7.05. The summed E-state index contributed by atoms with van der Waals surface area (Å²) in [5.41, 5.74) is 0.982. The van der Waals surface area contributed by atoms with E-state index in [2.05, 4.69) is 0 Å². The fourth-order valence-corrected chi connectivity index (χ4v) is 2.64. The van der Waals surface area contributed by atoms with Crippen molar-refractivity contribution in [1.29, 1.82) is 0 Å². The number of carboxylic acid groups (broad SMARTS) is 1. The Morgan fingerprint density at radius 3 is 2.53 bits per heavy atom. The van der Waals surface area contributed by atoms with Crippen LogP contribution in [-0.2, 0) is 11.2 Å². The van der Waals surface area contributed by atoms with Crippen LogP contribution in [0.1, 0.15) is 22.2 Å². The molecule has 0 saturated heterocycles. The number of likely N-dealkylation sites (N-methyl/N-ethyl adjacent to an activating group) is 1. The first-order chi connectivity index (χ1) is 8.95. The lowest BCUT2D eigenvalue weighted by atomic mass is 10.2. The van der Waals surface area contributed by atoms with E-state index in [4.69, 9.17) is 5.11 Å². The molecule has 0 unspecified atom stereocenters. The Morgan fingerprint density at radius 1 is 1.32 bits per heavy atom. The van der Waals surface area contributed by atoms with Crippen molar-refractivity contribution < 1.29 is 14.7 Å². The molecule has 106 valence electrons. The van der Waals surface area contributed by atoms with Gasteiger partial charge >= 0.3 is 5.97 Å². The first-order valence-electron chi connectivity index (χ1n) is 6.17. The van der Waals surface area contributed by atoms with E-state index in [-0.39, 0.29) is 12.5 Å². The Balaban J connectivity index is 2.84. The third-order valence-corrected chi connectivity index (χ3v) is 3.70. The highest BCUT2D eigenvalue weighted by Crippen LogP contribution is 2.19. The second kappa shape index (κ2) is 7.25. The van der Waals surface area contributed by atoms with Gasteiger partial charge in [0.15, 0.2) is 0 Å². The number of rotatable bonds is 7. The summed E-state index contributed by atoms with van der Waals surface area (Å²) in [7, 11) is 3.79. The number of carbonyl (C=O) groups is 2. The molecular formula is C13H20N2O3S. The SMILES string of the molecule is CCc1ccsc1C(=O)N(CCN(C)C)CC(=O)O. The third-order valence-electron chi connectivity index (χ3n) is 2.75. The molecule has 0 aliphatic rings. The topological polar surface area (TPSA) is 60.9 Å². The van der Waals surface area contributed by atoms with Crippen LogP contribution >= 0.6 is 11.3 Å². The van der Waals surface area contributed by atoms with E-state index < -0.39 is 5.97 Å². The summed E-state index contributed by atoms with van der Waals surface area (Å²) in [6.45, 7) is 2.79. The molecule has 0 atom stereocenters. The summed E-state index contributed by atoms with van der Waals surface area (Å²) < 4.78 is 0. The van der Waals surface area contributed by atoms with Crippen LogP contribution in [0.2, 0.25) is 0 Å². The molecule has 1 aromatic rings. The van der Waals surface area contributed by atoms with Crippen LogP contribution in [0.15, 0.2) is 11.4 Å². The van der Waals surface area contributed by atoms with Gasteiger partial charge in [0.2, 0.25) is 0 Å². The molecule has 1 N–H and O–H groups in total. The van der Waals surface area contributed by atoms with Crippen LogP contribution in [-0.4, -0.2) is 60.5 Å². The molecule has 0 aromatic carbocycles. The van der Waals surface area contributed by atoms with Gasteiger partial charge in [-0.2, -0.15) is 0 Å². The zero-order valence-electron chi connectivity index (χ0n) is 11.5. The maximum absolute atomic E-state index is 12.4. The summed E-state index contributed by atoms with van der Waals surface area (Å²) >= 11 is 1.37. The molecule has 0 aliphatic carbocycles. The van der Waals surface area contributed by atoms with Gasteiger partial charge in [-0.3, -0.25) is 9.59 Å². The van der Waals surface area contributed by atoms with Crippen LogP contribution in [0.25, 0.3) is 0 Å². The number of aryl methyl sites for hydroxylation is 1. The van der Waals surface area contributed by atoms with Crippen molar-refractivity contribution in [3.8, 4) is 0 Å². The zero-order valence-corrected chi connectivity index (χ0v) is 12.4. The van der Waals surface area contributed by atoms with E-state index in [1.54, 1.807) is 0 Å². The molecule has 1 rings (SSSR count). The standard InChI is InChI=1S/C13H20N2O3S/c1-4-10-5-8-19-12(10)13(18)15(9-11(16)17)7-6-14(2)3/h5,8H,4,6-7,9H2,1-3H3,(H,16,17). The van der Waals surface area contributed by atoms with Crippen LogP contribution in [0.5, 0.6) is 0 Å². The van der Waals surface area contributed by atoms with Crippen molar-refractivity contribution in [2.24, 2.45) is 0 Å². The second-order valence-electron chi connectivity index (χ2n) is 4.55. The lowest BCUT2D eigenvalue weighted by Gasteiger charge is -2.22. The number of carboxylic acids is 1. The maximum atomic E-state index is 12.4. The molecule has 5 nitrogen and oxygen atoms in total. The Kier molecular flexibility index (Phi) is 5.98. The van der Waals surface area contributed by atoms with Crippen LogP contribution in [0.3, 0.4) is 0 Å². The van der Waals surface area contributed by atoms with Gasteiger partial charge in [-0.05, 0) is 37.5 Å². The number of nitrogens with zero attached hydrogens (tertiary/aromatic N) is 2. The first kappa shape index (κ1) is 15.7. The van der Waals surface area contributed by atoms with Crippen LogP contribution in [0.4, 0.5) is 0 Å². The summed E-state index contributed by atoms with van der Waals surface area (Å²) in [6.07, 6.45) is 0.777. The van der Waals surface area contributed by atoms with Gasteiger partial charge < -0.3 is 14.9 Å².